The summed E-state index contributed by atoms with van der Waals surface area (Å²) in [7, 11) is 0. The van der Waals surface area contributed by atoms with E-state index in [1.807, 2.05) is 19.2 Å². The first kappa shape index (κ1) is 25.8. The summed E-state index contributed by atoms with van der Waals surface area (Å²) < 4.78 is 19.6. The third-order valence-electron chi connectivity index (χ3n) is 11.1. The lowest BCUT2D eigenvalue weighted by Gasteiger charge is -2.64. The summed E-state index contributed by atoms with van der Waals surface area (Å²) in [6, 6.07) is 17.1. The van der Waals surface area contributed by atoms with Gasteiger partial charge >= 0.3 is 0 Å². The van der Waals surface area contributed by atoms with E-state index in [0.717, 1.165) is 79.2 Å². The Morgan fingerprint density at radius 2 is 2.00 bits per heavy atom. The molecule has 7 nitrogen and oxygen atoms in total. The number of fused-ring (bicyclic) bond motifs is 2. The fourth-order valence-corrected chi connectivity index (χ4v) is 8.98. The van der Waals surface area contributed by atoms with Gasteiger partial charge < -0.3 is 19.1 Å². The minimum Gasteiger partial charge on any atom is -0.504 e. The third-order valence-corrected chi connectivity index (χ3v) is 11.1. The average molecular weight is 576 g/mol. The number of aromatic nitrogens is 2. The predicted octanol–water partition coefficient (Wildman–Crippen LogP) is 6.11. The number of phenolic OH excluding ortho intramolecular Hbond substituents is 1. The number of phenols is 1. The molecule has 1 spiro atoms. The molecule has 9 rings (SSSR count). The number of aromatic hydroxyl groups is 1. The molecule has 2 fully saturated rings. The molecule has 2 aromatic heterocycles. The van der Waals surface area contributed by atoms with E-state index in [-0.39, 0.29) is 17.9 Å². The van der Waals surface area contributed by atoms with Crippen molar-refractivity contribution in [1.82, 2.24) is 15.0 Å². The molecule has 3 aliphatic carbocycles. The number of ether oxygens (including phenoxy) is 2. The Morgan fingerprint density at radius 1 is 1.12 bits per heavy atom. The number of benzene rings is 2. The molecule has 4 atom stereocenters. The van der Waals surface area contributed by atoms with Crippen molar-refractivity contribution >= 4 is 0 Å². The first-order valence-corrected chi connectivity index (χ1v) is 15.9. The largest absolute Gasteiger partial charge is 0.504 e. The lowest BCUT2D eigenvalue weighted by atomic mass is 9.48. The Balaban J connectivity index is 1.19. The van der Waals surface area contributed by atoms with Crippen LogP contribution in [0.3, 0.4) is 0 Å². The van der Waals surface area contributed by atoms with Gasteiger partial charge in [-0.1, -0.05) is 41.6 Å². The van der Waals surface area contributed by atoms with Crippen LogP contribution in [0, 0.1) is 12.8 Å². The summed E-state index contributed by atoms with van der Waals surface area (Å²) in [5, 5.41) is 15.3. The van der Waals surface area contributed by atoms with Gasteiger partial charge in [0, 0.05) is 48.5 Å². The number of aryl methyl sites for hydroxylation is 2. The summed E-state index contributed by atoms with van der Waals surface area (Å²) in [6.07, 6.45) is 10.5. The van der Waals surface area contributed by atoms with Gasteiger partial charge in [0.1, 0.15) is 11.9 Å². The van der Waals surface area contributed by atoms with E-state index < -0.39 is 11.0 Å². The molecular weight excluding hydrogens is 538 g/mol. The van der Waals surface area contributed by atoms with Crippen molar-refractivity contribution in [2.24, 2.45) is 5.92 Å². The fraction of sp³-hybridized carbons (Fsp3) is 0.444. The van der Waals surface area contributed by atoms with Crippen LogP contribution in [-0.2, 0) is 29.4 Å². The quantitative estimate of drug-likeness (QED) is 0.254. The van der Waals surface area contributed by atoms with Crippen LogP contribution in [0.5, 0.6) is 11.5 Å². The van der Waals surface area contributed by atoms with E-state index in [0.29, 0.717) is 12.4 Å². The predicted molar refractivity (Wildman–Crippen MR) is 161 cm³/mol. The molecule has 1 saturated heterocycles. The van der Waals surface area contributed by atoms with Crippen LogP contribution in [0.25, 0.3) is 11.1 Å². The van der Waals surface area contributed by atoms with Crippen LogP contribution in [-0.4, -0.2) is 51.5 Å². The second-order valence-corrected chi connectivity index (χ2v) is 13.4. The van der Waals surface area contributed by atoms with E-state index in [9.17, 15) is 5.11 Å². The van der Waals surface area contributed by atoms with Gasteiger partial charge in [-0.15, -0.1) is 0 Å². The molecule has 4 aromatic rings. The van der Waals surface area contributed by atoms with Gasteiger partial charge in [-0.25, -0.2) is 0 Å². The molecule has 2 bridgehead atoms. The van der Waals surface area contributed by atoms with Crippen molar-refractivity contribution in [3.8, 4) is 22.6 Å². The molecule has 4 heterocycles. The average Bonchev–Trinajstić information content (AvgIpc) is 3.62. The van der Waals surface area contributed by atoms with Gasteiger partial charge in [0.05, 0.1) is 16.8 Å². The molecule has 1 N–H and O–H groups in total. The molecule has 0 amide bonds. The van der Waals surface area contributed by atoms with Gasteiger partial charge in [-0.2, -0.15) is 0 Å². The smallest absolute Gasteiger partial charge is 0.166 e. The van der Waals surface area contributed by atoms with Crippen LogP contribution in [0.1, 0.15) is 65.4 Å². The summed E-state index contributed by atoms with van der Waals surface area (Å²) in [4.78, 5) is 7.85. The zero-order chi connectivity index (χ0) is 28.8. The maximum absolute atomic E-state index is 11.1. The zero-order valence-corrected chi connectivity index (χ0v) is 24.6. The van der Waals surface area contributed by atoms with Gasteiger partial charge in [0.25, 0.3) is 0 Å². The molecular formula is C36H37N3O4. The van der Waals surface area contributed by atoms with Crippen molar-refractivity contribution in [1.29, 1.82) is 0 Å². The molecule has 0 radical (unpaired) electrons. The van der Waals surface area contributed by atoms with Gasteiger partial charge in [-0.3, -0.25) is 9.88 Å². The Kier molecular flexibility index (Phi) is 5.64. The zero-order valence-electron chi connectivity index (χ0n) is 24.6. The molecule has 2 aromatic carbocycles. The minimum absolute atomic E-state index is 0.220. The monoisotopic (exact) mass is 575 g/mol. The lowest BCUT2D eigenvalue weighted by molar-refractivity contribution is -0.205. The van der Waals surface area contributed by atoms with Crippen LogP contribution in [0.15, 0.2) is 65.5 Å². The first-order valence-electron chi connectivity index (χ1n) is 15.9. The number of hydrogen-bond donors (Lipinski definition) is 1. The molecule has 7 heteroatoms. The summed E-state index contributed by atoms with van der Waals surface area (Å²) in [5.41, 5.74) is 7.86. The molecule has 5 aliphatic rings. The number of rotatable bonds is 8. The fourth-order valence-electron chi connectivity index (χ4n) is 8.98. The number of likely N-dealkylation sites (tertiary alicyclic amines) is 1. The molecule has 43 heavy (non-hydrogen) atoms. The van der Waals surface area contributed by atoms with Crippen molar-refractivity contribution in [3.63, 3.8) is 0 Å². The van der Waals surface area contributed by atoms with E-state index in [1.165, 1.54) is 29.5 Å². The van der Waals surface area contributed by atoms with Crippen LogP contribution >= 0.6 is 0 Å². The maximum Gasteiger partial charge on any atom is 0.166 e. The van der Waals surface area contributed by atoms with Gasteiger partial charge in [-0.05, 0) is 86.7 Å². The lowest BCUT2D eigenvalue weighted by Crippen LogP contribution is -2.75. The molecule has 1 saturated carbocycles. The number of pyridine rings is 1. The number of hydrogen-bond acceptors (Lipinski definition) is 7. The summed E-state index contributed by atoms with van der Waals surface area (Å²) in [5.74, 6) is 1.65. The standard InChI is InChI=1S/C36H37N3O4/c1-22-28(21-42-38-22)27-16-26-18-36(41-15-5-8-23-6-3-2-4-7-23)30-17-25-11-12-29(40)33-31(25)35(36,34(43-33)32(26)37-19-27)13-14-39(30)20-24-9-10-24/h2-4,6-7,11-12,16,19,21,24,30,34,40H,5,8-10,13-15,17-18,20H2,1H3/t30-,34+,35+,36-/m1/s1. The third kappa shape index (κ3) is 3.67. The Hall–Kier alpha value is -3.68. The van der Waals surface area contributed by atoms with E-state index in [2.05, 4.69) is 52.5 Å². The van der Waals surface area contributed by atoms with Gasteiger partial charge in [0.2, 0.25) is 0 Å². The van der Waals surface area contributed by atoms with Crippen molar-refractivity contribution in [3.05, 3.63) is 94.6 Å². The first-order chi connectivity index (χ1) is 21.1. The number of nitrogens with zero attached hydrogens (tertiary/aromatic N) is 3. The molecule has 0 unspecified atom stereocenters. The topological polar surface area (TPSA) is 80.9 Å². The van der Waals surface area contributed by atoms with E-state index in [4.69, 9.17) is 19.0 Å². The number of piperidine rings is 1. The Labute approximate surface area is 251 Å². The summed E-state index contributed by atoms with van der Waals surface area (Å²) in [6.45, 7) is 4.78. The summed E-state index contributed by atoms with van der Waals surface area (Å²) >= 11 is 0. The highest BCUT2D eigenvalue weighted by Gasteiger charge is 2.73. The normalized spacial score (nSPS) is 28.3. The van der Waals surface area contributed by atoms with Gasteiger partial charge in [0.15, 0.2) is 17.6 Å². The van der Waals surface area contributed by atoms with E-state index in [1.54, 1.807) is 6.26 Å². The SMILES string of the molecule is Cc1nocc1-c1cnc2c(c1)C[C@@]1(OCCCc3ccccc3)[C@H]3Cc4ccc(O)c5c4[C@@]1(CCN3CC1CC1)[C@H]2O5. The maximum atomic E-state index is 11.1. The van der Waals surface area contributed by atoms with Crippen molar-refractivity contribution in [2.45, 2.75) is 75.0 Å². The van der Waals surface area contributed by atoms with Crippen molar-refractivity contribution < 1.29 is 19.1 Å². The second kappa shape index (κ2) is 9.41. The van der Waals surface area contributed by atoms with Crippen LogP contribution < -0.4 is 4.74 Å². The van der Waals surface area contributed by atoms with Crippen molar-refractivity contribution in [2.75, 3.05) is 19.7 Å². The molecule has 2 aliphatic heterocycles. The van der Waals surface area contributed by atoms with E-state index >= 15 is 0 Å². The van der Waals surface area contributed by atoms with Crippen LogP contribution in [0.4, 0.5) is 0 Å². The minimum atomic E-state index is -0.496. The highest BCUT2D eigenvalue weighted by Crippen LogP contribution is 2.69. The highest BCUT2D eigenvalue weighted by molar-refractivity contribution is 5.68. The van der Waals surface area contributed by atoms with Crippen LogP contribution in [0.2, 0.25) is 0 Å². The molecule has 220 valence electrons. The highest BCUT2D eigenvalue weighted by atomic mass is 16.5. The Bertz CT molecular complexity index is 1710. The second-order valence-electron chi connectivity index (χ2n) is 13.4. The Morgan fingerprint density at radius 3 is 2.81 bits per heavy atom.